The number of para-hydroxylation sites is 1. The van der Waals surface area contributed by atoms with Crippen LogP contribution in [-0.2, 0) is 10.0 Å². The van der Waals surface area contributed by atoms with Gasteiger partial charge in [0.05, 0.1) is 0 Å². The van der Waals surface area contributed by atoms with Gasteiger partial charge in [0.25, 0.3) is 15.9 Å². The lowest BCUT2D eigenvalue weighted by atomic mass is 10.3. The minimum absolute atomic E-state index is 0.0263. The van der Waals surface area contributed by atoms with Crippen LogP contribution >= 0.6 is 0 Å². The lowest BCUT2D eigenvalue weighted by molar-refractivity contribution is 0.0991. The topological polar surface area (TPSA) is 79.6 Å². The Morgan fingerprint density at radius 2 is 1.73 bits per heavy atom. The van der Waals surface area contributed by atoms with Gasteiger partial charge in [-0.15, -0.1) is 0 Å². The predicted molar refractivity (Wildman–Crippen MR) is 81.1 cm³/mol. The van der Waals surface area contributed by atoms with Crippen LogP contribution in [0.2, 0.25) is 0 Å². The number of furan rings is 1. The van der Waals surface area contributed by atoms with Crippen molar-refractivity contribution in [3.8, 4) is 0 Å². The van der Waals surface area contributed by atoms with Gasteiger partial charge in [0.1, 0.15) is 0 Å². The van der Waals surface area contributed by atoms with E-state index in [1.807, 2.05) is 6.07 Å². The Morgan fingerprint density at radius 1 is 1.05 bits per heavy atom. The molecule has 0 bridgehead atoms. The smallest absolute Gasteiger partial charge is 0.291 e. The van der Waals surface area contributed by atoms with E-state index < -0.39 is 15.9 Å². The number of nitrogens with zero attached hydrogens (tertiary/aromatic N) is 1. The molecule has 2 aromatic rings. The minimum Gasteiger partial charge on any atom is -0.438 e. The summed E-state index contributed by atoms with van der Waals surface area (Å²) in [5, 5.41) is 2.46. The number of benzene rings is 1. The van der Waals surface area contributed by atoms with Gasteiger partial charge in [0, 0.05) is 18.8 Å². The number of carbonyl (C=O) groups excluding carboxylic acids is 1. The number of rotatable bonds is 4. The highest BCUT2D eigenvalue weighted by Gasteiger charge is 2.30. The summed E-state index contributed by atoms with van der Waals surface area (Å²) in [6.07, 6.45) is 1.70. The summed E-state index contributed by atoms with van der Waals surface area (Å²) in [5.41, 5.74) is 0.618. The van der Waals surface area contributed by atoms with Gasteiger partial charge in [-0.25, -0.2) is 8.42 Å². The average Bonchev–Trinajstić information content (AvgIpc) is 3.20. The Bertz CT molecular complexity index is 762. The van der Waals surface area contributed by atoms with Crippen LogP contribution in [0, 0.1) is 0 Å². The lowest BCUT2D eigenvalue weighted by Gasteiger charge is -2.12. The fourth-order valence-corrected chi connectivity index (χ4v) is 3.78. The van der Waals surface area contributed by atoms with Crippen molar-refractivity contribution < 1.29 is 17.6 Å². The normalized spacial score (nSPS) is 15.8. The number of hydrogen-bond donors (Lipinski definition) is 1. The van der Waals surface area contributed by atoms with Crippen LogP contribution in [0.3, 0.4) is 0 Å². The van der Waals surface area contributed by atoms with E-state index in [0.717, 1.165) is 12.8 Å². The van der Waals surface area contributed by atoms with Gasteiger partial charge in [0.15, 0.2) is 5.76 Å². The van der Waals surface area contributed by atoms with Gasteiger partial charge in [-0.2, -0.15) is 4.31 Å². The summed E-state index contributed by atoms with van der Waals surface area (Å²) in [6, 6.07) is 11.6. The summed E-state index contributed by atoms with van der Waals surface area (Å²) in [4.78, 5) is 12.1. The molecule has 0 saturated carbocycles. The SMILES string of the molecule is O=C(Nc1ccccc1)c1ccc(S(=O)(=O)N2CCCC2)o1. The zero-order valence-electron chi connectivity index (χ0n) is 11.9. The van der Waals surface area contributed by atoms with Crippen molar-refractivity contribution in [3.05, 3.63) is 48.2 Å². The van der Waals surface area contributed by atoms with Crippen LogP contribution in [0.4, 0.5) is 5.69 Å². The zero-order chi connectivity index (χ0) is 15.6. The summed E-state index contributed by atoms with van der Waals surface area (Å²) in [5.74, 6) is -0.504. The summed E-state index contributed by atoms with van der Waals surface area (Å²) in [7, 11) is -3.64. The molecule has 1 saturated heterocycles. The second kappa shape index (κ2) is 5.94. The fraction of sp³-hybridized carbons (Fsp3) is 0.267. The van der Waals surface area contributed by atoms with E-state index in [1.54, 1.807) is 24.3 Å². The van der Waals surface area contributed by atoms with Crippen molar-refractivity contribution in [2.75, 3.05) is 18.4 Å². The minimum atomic E-state index is -3.64. The molecule has 1 aromatic carbocycles. The number of sulfonamides is 1. The number of nitrogens with one attached hydrogen (secondary N) is 1. The fourth-order valence-electron chi connectivity index (χ4n) is 2.35. The van der Waals surface area contributed by atoms with Crippen molar-refractivity contribution in [3.63, 3.8) is 0 Å². The number of hydrogen-bond acceptors (Lipinski definition) is 4. The molecule has 1 aliphatic heterocycles. The van der Waals surface area contributed by atoms with E-state index in [0.29, 0.717) is 18.8 Å². The molecule has 0 radical (unpaired) electrons. The van der Waals surface area contributed by atoms with Crippen LogP contribution < -0.4 is 5.32 Å². The third-order valence-corrected chi connectivity index (χ3v) is 5.27. The van der Waals surface area contributed by atoms with Crippen molar-refractivity contribution in [2.24, 2.45) is 0 Å². The van der Waals surface area contributed by atoms with Gasteiger partial charge < -0.3 is 9.73 Å². The first-order chi connectivity index (χ1) is 10.6. The molecule has 7 heteroatoms. The monoisotopic (exact) mass is 320 g/mol. The molecule has 1 aromatic heterocycles. The second-order valence-electron chi connectivity index (χ2n) is 5.05. The van der Waals surface area contributed by atoms with E-state index in [4.69, 9.17) is 4.42 Å². The summed E-state index contributed by atoms with van der Waals surface area (Å²) < 4.78 is 31.3. The van der Waals surface area contributed by atoms with E-state index in [-0.39, 0.29) is 10.9 Å². The number of carbonyl (C=O) groups is 1. The van der Waals surface area contributed by atoms with Crippen LogP contribution in [0.1, 0.15) is 23.4 Å². The quantitative estimate of drug-likeness (QED) is 0.937. The summed E-state index contributed by atoms with van der Waals surface area (Å²) >= 11 is 0. The van der Waals surface area contributed by atoms with E-state index in [2.05, 4.69) is 5.32 Å². The molecule has 1 fully saturated rings. The molecule has 0 spiro atoms. The third-order valence-electron chi connectivity index (χ3n) is 3.50. The standard InChI is InChI=1S/C15H16N2O4S/c18-15(16-12-6-2-1-3-7-12)13-8-9-14(21-13)22(19,20)17-10-4-5-11-17/h1-3,6-9H,4-5,10-11H2,(H,16,18). The van der Waals surface area contributed by atoms with Crippen molar-refractivity contribution >= 4 is 21.6 Å². The first-order valence-electron chi connectivity index (χ1n) is 7.04. The molecule has 22 heavy (non-hydrogen) atoms. The van der Waals surface area contributed by atoms with Gasteiger partial charge in [-0.05, 0) is 37.1 Å². The van der Waals surface area contributed by atoms with E-state index in [9.17, 15) is 13.2 Å². The average molecular weight is 320 g/mol. The molecule has 2 heterocycles. The largest absolute Gasteiger partial charge is 0.438 e. The molecule has 1 amide bonds. The van der Waals surface area contributed by atoms with Crippen LogP contribution in [0.5, 0.6) is 0 Å². The Hall–Kier alpha value is -2.12. The van der Waals surface area contributed by atoms with E-state index >= 15 is 0 Å². The highest BCUT2D eigenvalue weighted by Crippen LogP contribution is 2.23. The maximum atomic E-state index is 12.3. The van der Waals surface area contributed by atoms with Gasteiger partial charge >= 0.3 is 0 Å². The van der Waals surface area contributed by atoms with Crippen molar-refractivity contribution in [1.82, 2.24) is 4.31 Å². The van der Waals surface area contributed by atoms with Gasteiger partial charge in [-0.1, -0.05) is 18.2 Å². The Balaban J connectivity index is 1.77. The molecule has 0 unspecified atom stereocenters. The van der Waals surface area contributed by atoms with Crippen molar-refractivity contribution in [1.29, 1.82) is 0 Å². The molecule has 1 aliphatic rings. The number of amides is 1. The summed E-state index contributed by atoms with van der Waals surface area (Å²) in [6.45, 7) is 0.989. The lowest BCUT2D eigenvalue weighted by Crippen LogP contribution is -2.27. The first kappa shape index (κ1) is 14.8. The molecule has 1 N–H and O–H groups in total. The first-order valence-corrected chi connectivity index (χ1v) is 8.48. The second-order valence-corrected chi connectivity index (χ2v) is 6.92. The Morgan fingerprint density at radius 3 is 2.41 bits per heavy atom. The van der Waals surface area contributed by atoms with Crippen LogP contribution in [-0.4, -0.2) is 31.7 Å². The molecular formula is C15H16N2O4S. The molecule has 0 aliphatic carbocycles. The zero-order valence-corrected chi connectivity index (χ0v) is 12.7. The highest BCUT2D eigenvalue weighted by atomic mass is 32.2. The Labute approximate surface area is 128 Å². The van der Waals surface area contributed by atoms with E-state index in [1.165, 1.54) is 16.4 Å². The molecule has 3 rings (SSSR count). The van der Waals surface area contributed by atoms with Gasteiger partial charge in [0.2, 0.25) is 5.09 Å². The molecular weight excluding hydrogens is 304 g/mol. The maximum Gasteiger partial charge on any atom is 0.291 e. The van der Waals surface area contributed by atoms with Crippen molar-refractivity contribution in [2.45, 2.75) is 17.9 Å². The molecule has 116 valence electrons. The third kappa shape index (κ3) is 2.90. The molecule has 0 atom stereocenters. The van der Waals surface area contributed by atoms with Crippen LogP contribution in [0.25, 0.3) is 0 Å². The molecule has 6 nitrogen and oxygen atoms in total. The maximum absolute atomic E-state index is 12.3. The highest BCUT2D eigenvalue weighted by molar-refractivity contribution is 7.89. The van der Waals surface area contributed by atoms with Gasteiger partial charge in [-0.3, -0.25) is 4.79 Å². The Kier molecular flexibility index (Phi) is 4.00. The number of anilines is 1. The van der Waals surface area contributed by atoms with Crippen LogP contribution in [0.15, 0.2) is 52.0 Å². The predicted octanol–water partition coefficient (Wildman–Crippen LogP) is 2.32.